The molecule has 2 aromatic carbocycles. The average Bonchev–Trinajstić information content (AvgIpc) is 2.92. The third-order valence-corrected chi connectivity index (χ3v) is 7.37. The molecular formula is C29H37N4O4. The maximum atomic E-state index is 13.3. The second-order valence-electron chi connectivity index (χ2n) is 10.2. The van der Waals surface area contributed by atoms with E-state index in [1.807, 2.05) is 54.6 Å². The van der Waals surface area contributed by atoms with Crippen LogP contribution >= 0.6 is 0 Å². The highest BCUT2D eigenvalue weighted by Crippen LogP contribution is 2.27. The zero-order chi connectivity index (χ0) is 26.2. The van der Waals surface area contributed by atoms with E-state index in [-0.39, 0.29) is 24.3 Å². The maximum absolute atomic E-state index is 13.3. The van der Waals surface area contributed by atoms with E-state index in [1.165, 1.54) is 6.42 Å². The van der Waals surface area contributed by atoms with E-state index in [0.717, 1.165) is 49.4 Å². The number of primary amides is 1. The molecule has 0 spiro atoms. The quantitative estimate of drug-likeness (QED) is 0.409. The van der Waals surface area contributed by atoms with Gasteiger partial charge in [0.25, 0.3) is 0 Å². The van der Waals surface area contributed by atoms with Crippen LogP contribution in [0.25, 0.3) is 0 Å². The summed E-state index contributed by atoms with van der Waals surface area (Å²) in [6.07, 6.45) is 4.14. The molecule has 3 atom stereocenters. The Labute approximate surface area is 218 Å². The molecule has 0 saturated carbocycles. The molecule has 8 nitrogen and oxygen atoms in total. The van der Waals surface area contributed by atoms with Crippen molar-refractivity contribution in [3.8, 4) is 5.75 Å². The van der Waals surface area contributed by atoms with E-state index in [1.54, 1.807) is 6.92 Å². The van der Waals surface area contributed by atoms with Gasteiger partial charge in [0.15, 0.2) is 0 Å². The largest absolute Gasteiger partial charge is 0.489 e. The van der Waals surface area contributed by atoms with Gasteiger partial charge in [-0.25, -0.2) is 0 Å². The molecule has 3 aliphatic rings. The number of hydrogen-bond donors (Lipinski definition) is 3. The fourth-order valence-corrected chi connectivity index (χ4v) is 4.95. The van der Waals surface area contributed by atoms with Crippen LogP contribution in [0.3, 0.4) is 0 Å². The average molecular weight is 506 g/mol. The normalized spacial score (nSPS) is 22.0. The van der Waals surface area contributed by atoms with Crippen LogP contribution in [0.15, 0.2) is 54.6 Å². The Kier molecular flexibility index (Phi) is 9.17. The number of ether oxygens (including phenoxy) is 1. The maximum Gasteiger partial charge on any atom is 0.243 e. The summed E-state index contributed by atoms with van der Waals surface area (Å²) < 4.78 is 5.87. The number of carbonyl (C=O) groups excluding carboxylic acids is 3. The number of piperidine rings is 3. The Bertz CT molecular complexity index is 1050. The van der Waals surface area contributed by atoms with Crippen LogP contribution in [0.1, 0.15) is 37.3 Å². The van der Waals surface area contributed by atoms with Gasteiger partial charge < -0.3 is 26.0 Å². The van der Waals surface area contributed by atoms with Crippen molar-refractivity contribution in [2.45, 2.75) is 51.3 Å². The minimum absolute atomic E-state index is 0.0991. The van der Waals surface area contributed by atoms with Crippen molar-refractivity contribution in [3.05, 3.63) is 72.1 Å². The lowest BCUT2D eigenvalue weighted by atomic mass is 9.84. The first-order chi connectivity index (χ1) is 17.9. The first-order valence-corrected chi connectivity index (χ1v) is 13.1. The molecule has 5 rings (SSSR count). The number of fused-ring (bicyclic) bond motifs is 3. The second kappa shape index (κ2) is 12.7. The summed E-state index contributed by atoms with van der Waals surface area (Å²) in [6.45, 7) is 5.17. The van der Waals surface area contributed by atoms with E-state index >= 15 is 0 Å². The molecule has 37 heavy (non-hydrogen) atoms. The van der Waals surface area contributed by atoms with Crippen molar-refractivity contribution >= 4 is 17.7 Å². The van der Waals surface area contributed by atoms with Crippen molar-refractivity contribution in [3.63, 3.8) is 0 Å². The van der Waals surface area contributed by atoms with Crippen molar-refractivity contribution < 1.29 is 19.1 Å². The summed E-state index contributed by atoms with van der Waals surface area (Å²) in [5, 5.41) is 6.05. The SMILES string of the molecule is CC(C[CH]C(=O)NC(Cc1ccc(OCc2ccccc2)cc1)C(=O)NC1CN2CCC1CC2)C(N)=O. The minimum Gasteiger partial charge on any atom is -0.489 e. The van der Waals surface area contributed by atoms with E-state index in [0.29, 0.717) is 18.9 Å². The zero-order valence-corrected chi connectivity index (χ0v) is 21.4. The third-order valence-electron chi connectivity index (χ3n) is 7.37. The van der Waals surface area contributed by atoms with Gasteiger partial charge in [0.05, 0.1) is 6.42 Å². The van der Waals surface area contributed by atoms with Crippen LogP contribution in [0, 0.1) is 18.3 Å². The van der Waals surface area contributed by atoms with Crippen LogP contribution in [0.2, 0.25) is 0 Å². The molecule has 2 bridgehead atoms. The van der Waals surface area contributed by atoms with E-state index < -0.39 is 17.9 Å². The topological polar surface area (TPSA) is 114 Å². The summed E-state index contributed by atoms with van der Waals surface area (Å²) in [4.78, 5) is 39.7. The van der Waals surface area contributed by atoms with Gasteiger partial charge in [-0.1, -0.05) is 49.4 Å². The highest BCUT2D eigenvalue weighted by atomic mass is 16.5. The molecular weight excluding hydrogens is 468 g/mol. The standard InChI is InChI=1S/C29H37N4O4/c1-20(28(30)35)7-12-27(34)31-25(29(36)32-26-18-33-15-13-23(26)14-16-33)17-21-8-10-24(11-9-21)37-19-22-5-3-2-4-6-22/h2-6,8-12,20,23,25-26H,7,13-19H2,1H3,(H2,30,35)(H,31,34)(H,32,36). The Balaban J connectivity index is 1.37. The Morgan fingerprint density at radius 2 is 1.76 bits per heavy atom. The fourth-order valence-electron chi connectivity index (χ4n) is 4.95. The number of hydrogen-bond acceptors (Lipinski definition) is 5. The van der Waals surface area contributed by atoms with Crippen molar-refractivity contribution in [1.82, 2.24) is 15.5 Å². The summed E-state index contributed by atoms with van der Waals surface area (Å²) >= 11 is 0. The molecule has 3 saturated heterocycles. The number of nitrogens with zero attached hydrogens (tertiary/aromatic N) is 1. The lowest BCUT2D eigenvalue weighted by molar-refractivity contribution is -0.129. The van der Waals surface area contributed by atoms with Crippen molar-refractivity contribution in [2.75, 3.05) is 19.6 Å². The first kappa shape index (κ1) is 26.7. The van der Waals surface area contributed by atoms with Crippen LogP contribution < -0.4 is 21.1 Å². The Morgan fingerprint density at radius 1 is 1.05 bits per heavy atom. The van der Waals surface area contributed by atoms with Crippen LogP contribution in [-0.2, 0) is 27.4 Å². The molecule has 8 heteroatoms. The van der Waals surface area contributed by atoms with Crippen LogP contribution in [0.4, 0.5) is 0 Å². The monoisotopic (exact) mass is 505 g/mol. The number of nitrogens with two attached hydrogens (primary N) is 1. The number of carbonyl (C=O) groups is 3. The van der Waals surface area contributed by atoms with Gasteiger partial charge in [-0.3, -0.25) is 14.4 Å². The fraction of sp³-hybridized carbons (Fsp3) is 0.448. The van der Waals surface area contributed by atoms with Gasteiger partial charge in [0, 0.05) is 24.9 Å². The molecule has 4 N–H and O–H groups in total. The van der Waals surface area contributed by atoms with E-state index in [4.69, 9.17) is 10.5 Å². The number of nitrogens with one attached hydrogen (secondary N) is 2. The smallest absolute Gasteiger partial charge is 0.243 e. The lowest BCUT2D eigenvalue weighted by Gasteiger charge is -2.45. The summed E-state index contributed by atoms with van der Waals surface area (Å²) in [5.41, 5.74) is 7.30. The van der Waals surface area contributed by atoms with Gasteiger partial charge in [-0.15, -0.1) is 0 Å². The first-order valence-electron chi connectivity index (χ1n) is 13.1. The Hall–Kier alpha value is -3.39. The second-order valence-corrected chi connectivity index (χ2v) is 10.2. The highest BCUT2D eigenvalue weighted by molar-refractivity contribution is 5.92. The summed E-state index contributed by atoms with van der Waals surface area (Å²) in [5.74, 6) is -0.269. The molecule has 3 unspecified atom stereocenters. The van der Waals surface area contributed by atoms with Gasteiger partial charge in [-0.2, -0.15) is 0 Å². The molecule has 3 heterocycles. The van der Waals surface area contributed by atoms with E-state index in [2.05, 4.69) is 15.5 Å². The minimum atomic E-state index is -0.737. The zero-order valence-electron chi connectivity index (χ0n) is 21.4. The molecule has 3 fully saturated rings. The number of benzene rings is 2. The summed E-state index contributed by atoms with van der Waals surface area (Å²) in [7, 11) is 0. The molecule has 0 aromatic heterocycles. The third kappa shape index (κ3) is 7.79. The predicted octanol–water partition coefficient (Wildman–Crippen LogP) is 2.22. The molecule has 2 aromatic rings. The predicted molar refractivity (Wildman–Crippen MR) is 141 cm³/mol. The number of rotatable bonds is 12. The molecule has 197 valence electrons. The molecule has 3 amide bonds. The molecule has 3 aliphatic heterocycles. The van der Waals surface area contributed by atoms with Gasteiger partial charge in [0.1, 0.15) is 18.4 Å². The molecule has 1 radical (unpaired) electrons. The Morgan fingerprint density at radius 3 is 2.38 bits per heavy atom. The van der Waals surface area contributed by atoms with Gasteiger partial charge >= 0.3 is 0 Å². The van der Waals surface area contributed by atoms with Gasteiger partial charge in [0.2, 0.25) is 17.7 Å². The van der Waals surface area contributed by atoms with E-state index in [9.17, 15) is 14.4 Å². The highest BCUT2D eigenvalue weighted by Gasteiger charge is 2.36. The van der Waals surface area contributed by atoms with Crippen LogP contribution in [0.5, 0.6) is 5.75 Å². The van der Waals surface area contributed by atoms with Gasteiger partial charge in [-0.05, 0) is 61.5 Å². The van der Waals surface area contributed by atoms with Crippen LogP contribution in [-0.4, -0.2) is 54.3 Å². The number of amides is 3. The van der Waals surface area contributed by atoms with Crippen molar-refractivity contribution in [2.24, 2.45) is 17.6 Å². The molecule has 0 aliphatic carbocycles. The summed E-state index contributed by atoms with van der Waals surface area (Å²) in [6, 6.07) is 16.9. The van der Waals surface area contributed by atoms with Crippen molar-refractivity contribution in [1.29, 1.82) is 0 Å². The lowest BCUT2D eigenvalue weighted by Crippen LogP contribution is -2.60.